The predicted octanol–water partition coefficient (Wildman–Crippen LogP) is 0.504. The van der Waals surface area contributed by atoms with E-state index in [4.69, 9.17) is 0 Å². The molecule has 0 aromatic carbocycles. The van der Waals surface area contributed by atoms with Crippen LogP contribution in [0.4, 0.5) is 0 Å². The van der Waals surface area contributed by atoms with Crippen molar-refractivity contribution >= 4 is 24.2 Å². The third-order valence-corrected chi connectivity index (χ3v) is 1.91. The van der Waals surface area contributed by atoms with Gasteiger partial charge in [0.1, 0.15) is 0 Å². The summed E-state index contributed by atoms with van der Waals surface area (Å²) >= 11 is 3.00. The van der Waals surface area contributed by atoms with Gasteiger partial charge in [0.15, 0.2) is 0 Å². The number of hydrogen-bond acceptors (Lipinski definition) is 0. The standard InChI is InChI=1S/C4H8SSe/c1-3-4-5(2)6/h3H,1,4H2,2H3/q+1. The van der Waals surface area contributed by atoms with Crippen molar-refractivity contribution in [1.82, 2.24) is 0 Å². The van der Waals surface area contributed by atoms with Crippen LogP contribution in [0, 0.1) is 0 Å². The van der Waals surface area contributed by atoms with Gasteiger partial charge < -0.3 is 0 Å². The van der Waals surface area contributed by atoms with Gasteiger partial charge in [0.25, 0.3) is 0 Å². The average Bonchev–Trinajstić information content (AvgIpc) is 1.35. The van der Waals surface area contributed by atoms with E-state index >= 15 is 0 Å². The Balaban J connectivity index is 2.81. The molecule has 0 amide bonds. The summed E-state index contributed by atoms with van der Waals surface area (Å²) in [4.78, 5) is 0. The van der Waals surface area contributed by atoms with E-state index in [1.54, 1.807) is 0 Å². The molecule has 0 aliphatic carbocycles. The Hall–Kier alpha value is 0.609. The fraction of sp³-hybridized carbons (Fsp3) is 0.500. The van der Waals surface area contributed by atoms with Crippen molar-refractivity contribution in [1.29, 1.82) is 0 Å². The molecule has 1 radical (unpaired) electrons. The second kappa shape index (κ2) is 3.79. The van der Waals surface area contributed by atoms with Crippen molar-refractivity contribution in [2.45, 2.75) is 0 Å². The van der Waals surface area contributed by atoms with E-state index in [1.807, 2.05) is 6.08 Å². The Bertz CT molecular complexity index is 42.8. The summed E-state index contributed by atoms with van der Waals surface area (Å²) < 4.78 is 0. The topological polar surface area (TPSA) is 0 Å². The maximum absolute atomic E-state index is 3.59. The first kappa shape index (κ1) is 6.61. The summed E-state index contributed by atoms with van der Waals surface area (Å²) in [5, 5.41) is 0. The van der Waals surface area contributed by atoms with Gasteiger partial charge in [-0.1, -0.05) is 0 Å². The molecule has 0 nitrogen and oxygen atoms in total. The molecule has 0 aliphatic heterocycles. The molecule has 0 saturated heterocycles. The monoisotopic (exact) mass is 168 g/mol. The third-order valence-electron chi connectivity index (χ3n) is 0.353. The number of hydrogen-bond donors (Lipinski definition) is 0. The van der Waals surface area contributed by atoms with E-state index in [2.05, 4.69) is 27.7 Å². The Kier molecular flexibility index (Phi) is 4.17. The molecule has 0 rings (SSSR count). The molecule has 6 heavy (non-hydrogen) atoms. The molecule has 0 aliphatic rings. The molecule has 35 valence electrons. The van der Waals surface area contributed by atoms with E-state index in [-0.39, 0.29) is 0 Å². The van der Waals surface area contributed by atoms with Gasteiger partial charge in [-0.2, -0.15) is 0 Å². The molecule has 2 heteroatoms. The van der Waals surface area contributed by atoms with E-state index in [0.717, 1.165) is 5.75 Å². The minimum absolute atomic E-state index is 0.441. The SMILES string of the molecule is C=CC[S+](C)[Se]. The molecule has 1 atom stereocenters. The van der Waals surface area contributed by atoms with E-state index in [9.17, 15) is 0 Å². The molecule has 0 aromatic rings. The van der Waals surface area contributed by atoms with Crippen LogP contribution in [0.1, 0.15) is 0 Å². The fourth-order valence-corrected chi connectivity index (χ4v) is 1.10. The van der Waals surface area contributed by atoms with Crippen LogP contribution in [-0.4, -0.2) is 26.9 Å². The fourth-order valence-electron chi connectivity index (χ4n) is 0.166. The Morgan fingerprint density at radius 1 is 2.00 bits per heavy atom. The average molecular weight is 167 g/mol. The van der Waals surface area contributed by atoms with Gasteiger partial charge in [-0.05, 0) is 0 Å². The van der Waals surface area contributed by atoms with Crippen molar-refractivity contribution in [2.75, 3.05) is 12.0 Å². The van der Waals surface area contributed by atoms with Crippen molar-refractivity contribution in [3.8, 4) is 0 Å². The summed E-state index contributed by atoms with van der Waals surface area (Å²) in [6.45, 7) is 3.59. The summed E-state index contributed by atoms with van der Waals surface area (Å²) in [6.07, 6.45) is 4.08. The zero-order valence-corrected chi connectivity index (χ0v) is 6.34. The van der Waals surface area contributed by atoms with Crippen LogP contribution in [0.2, 0.25) is 0 Å². The first-order valence-corrected chi connectivity index (χ1v) is 5.51. The van der Waals surface area contributed by atoms with E-state index < -0.39 is 0 Å². The predicted molar refractivity (Wildman–Crippen MR) is 34.1 cm³/mol. The molecule has 0 fully saturated rings. The van der Waals surface area contributed by atoms with Crippen LogP contribution >= 0.6 is 0 Å². The van der Waals surface area contributed by atoms with Gasteiger partial charge in [0.05, 0.1) is 0 Å². The summed E-state index contributed by atoms with van der Waals surface area (Å²) in [5.74, 6) is 1.11. The van der Waals surface area contributed by atoms with Crippen molar-refractivity contribution in [3.63, 3.8) is 0 Å². The second-order valence-corrected chi connectivity index (χ2v) is 6.09. The van der Waals surface area contributed by atoms with Crippen LogP contribution in [0.3, 0.4) is 0 Å². The third kappa shape index (κ3) is 4.61. The summed E-state index contributed by atoms with van der Waals surface area (Å²) in [6, 6.07) is 0. The van der Waals surface area contributed by atoms with Crippen LogP contribution in [0.25, 0.3) is 0 Å². The molecule has 1 unspecified atom stereocenters. The van der Waals surface area contributed by atoms with Gasteiger partial charge in [-0.3, -0.25) is 0 Å². The van der Waals surface area contributed by atoms with Gasteiger partial charge in [-0.15, -0.1) is 0 Å². The molecule has 0 spiro atoms. The summed E-state index contributed by atoms with van der Waals surface area (Å²) in [5.41, 5.74) is 0. The van der Waals surface area contributed by atoms with Gasteiger partial charge in [0.2, 0.25) is 0 Å². The molecule has 0 heterocycles. The Labute approximate surface area is 49.2 Å². The summed E-state index contributed by atoms with van der Waals surface area (Å²) in [7, 11) is 0.441. The van der Waals surface area contributed by atoms with Crippen LogP contribution < -0.4 is 0 Å². The molecular formula is C4H8SSe+. The van der Waals surface area contributed by atoms with Crippen LogP contribution in [0.5, 0.6) is 0 Å². The molecular weight excluding hydrogens is 159 g/mol. The first-order valence-electron chi connectivity index (χ1n) is 1.68. The zero-order valence-electron chi connectivity index (χ0n) is 3.81. The molecule has 0 bridgehead atoms. The molecule has 0 saturated carbocycles. The van der Waals surface area contributed by atoms with E-state index in [0.29, 0.717) is 9.31 Å². The van der Waals surface area contributed by atoms with Crippen LogP contribution in [0.15, 0.2) is 12.7 Å². The Morgan fingerprint density at radius 2 is 2.50 bits per heavy atom. The Morgan fingerprint density at radius 3 is 2.50 bits per heavy atom. The normalized spacial score (nSPS) is 13.7. The number of rotatable bonds is 2. The quantitative estimate of drug-likeness (QED) is 0.319. The van der Waals surface area contributed by atoms with Crippen molar-refractivity contribution in [2.24, 2.45) is 0 Å². The van der Waals surface area contributed by atoms with Gasteiger partial charge in [0, 0.05) is 0 Å². The van der Waals surface area contributed by atoms with E-state index in [1.165, 1.54) is 0 Å². The van der Waals surface area contributed by atoms with Crippen molar-refractivity contribution < 1.29 is 0 Å². The molecule has 0 aromatic heterocycles. The van der Waals surface area contributed by atoms with Gasteiger partial charge >= 0.3 is 48.9 Å². The zero-order chi connectivity index (χ0) is 4.99. The first-order chi connectivity index (χ1) is 2.77. The maximum atomic E-state index is 3.59. The van der Waals surface area contributed by atoms with Gasteiger partial charge in [-0.25, -0.2) is 0 Å². The van der Waals surface area contributed by atoms with Crippen LogP contribution in [-0.2, 0) is 9.31 Å². The van der Waals surface area contributed by atoms with Crippen molar-refractivity contribution in [3.05, 3.63) is 12.7 Å². The second-order valence-electron chi connectivity index (χ2n) is 1.03. The molecule has 0 N–H and O–H groups in total. The minimum atomic E-state index is 0.441.